The van der Waals surface area contributed by atoms with Gasteiger partial charge in [-0.3, -0.25) is 4.98 Å². The Labute approximate surface area is 91.4 Å². The summed E-state index contributed by atoms with van der Waals surface area (Å²) in [6.07, 6.45) is 2.79. The fourth-order valence-corrected chi connectivity index (χ4v) is 2.85. The predicted octanol–water partition coefficient (Wildman–Crippen LogP) is 2.76. The first-order chi connectivity index (χ1) is 6.75. The Balaban J connectivity index is 2.06. The van der Waals surface area contributed by atoms with Crippen LogP contribution in [-0.4, -0.2) is 4.98 Å². The van der Waals surface area contributed by atoms with Crippen molar-refractivity contribution >= 4 is 22.7 Å². The first-order valence-corrected chi connectivity index (χ1v) is 6.14. The highest BCUT2D eigenvalue weighted by atomic mass is 32.1. The minimum absolute atomic E-state index is 0.120. The smallest absolute Gasteiger partial charge is 0.0794 e. The molecule has 2 nitrogen and oxygen atoms in total. The Hall–Kier alpha value is -0.710. The van der Waals surface area contributed by atoms with Gasteiger partial charge in [0.25, 0.3) is 0 Å². The summed E-state index contributed by atoms with van der Waals surface area (Å²) in [5.41, 5.74) is 7.94. The van der Waals surface area contributed by atoms with Crippen molar-refractivity contribution in [1.82, 2.24) is 4.98 Å². The summed E-state index contributed by atoms with van der Waals surface area (Å²) in [5, 5.41) is 0. The zero-order valence-corrected chi connectivity index (χ0v) is 9.57. The van der Waals surface area contributed by atoms with Crippen molar-refractivity contribution in [3.05, 3.63) is 38.5 Å². The lowest BCUT2D eigenvalue weighted by Crippen LogP contribution is -2.10. The third kappa shape index (κ3) is 2.20. The monoisotopic (exact) mass is 224 g/mol. The highest BCUT2D eigenvalue weighted by Gasteiger charge is 2.09. The normalized spacial score (nSPS) is 13.0. The standard InChI is InChI=1S/C10H12N2S2/c1-7-2-3-10(14-7)9(11)4-8-5-12-6-13-8/h2-3,5-6,9H,4,11H2,1H3. The molecule has 0 aliphatic rings. The van der Waals surface area contributed by atoms with Crippen LogP contribution < -0.4 is 5.73 Å². The molecule has 0 radical (unpaired) electrons. The molecule has 2 heterocycles. The van der Waals surface area contributed by atoms with Gasteiger partial charge in [0, 0.05) is 33.3 Å². The van der Waals surface area contributed by atoms with E-state index < -0.39 is 0 Å². The molecule has 0 bridgehead atoms. The van der Waals surface area contributed by atoms with Crippen molar-refractivity contribution in [3.63, 3.8) is 0 Å². The molecule has 0 fully saturated rings. The van der Waals surface area contributed by atoms with E-state index in [1.54, 1.807) is 22.7 Å². The van der Waals surface area contributed by atoms with Gasteiger partial charge in [0.1, 0.15) is 0 Å². The number of rotatable bonds is 3. The van der Waals surface area contributed by atoms with Gasteiger partial charge in [0.15, 0.2) is 0 Å². The van der Waals surface area contributed by atoms with E-state index in [2.05, 4.69) is 24.0 Å². The zero-order valence-electron chi connectivity index (χ0n) is 7.93. The maximum absolute atomic E-state index is 6.09. The highest BCUT2D eigenvalue weighted by molar-refractivity contribution is 7.12. The molecule has 0 spiro atoms. The molecule has 1 atom stereocenters. The third-order valence-corrected chi connectivity index (χ3v) is 3.97. The fourth-order valence-electron chi connectivity index (χ4n) is 1.31. The minimum Gasteiger partial charge on any atom is -0.323 e. The Morgan fingerprint density at radius 3 is 2.93 bits per heavy atom. The summed E-state index contributed by atoms with van der Waals surface area (Å²) in [5.74, 6) is 0. The van der Waals surface area contributed by atoms with Crippen LogP contribution in [0.3, 0.4) is 0 Å². The molecular weight excluding hydrogens is 212 g/mol. The van der Waals surface area contributed by atoms with Gasteiger partial charge in [0.2, 0.25) is 0 Å². The van der Waals surface area contributed by atoms with Crippen LogP contribution in [0.4, 0.5) is 0 Å². The lowest BCUT2D eigenvalue weighted by atomic mass is 10.2. The average Bonchev–Trinajstić information content (AvgIpc) is 2.75. The molecule has 2 aromatic rings. The number of hydrogen-bond acceptors (Lipinski definition) is 4. The number of thiazole rings is 1. The second-order valence-corrected chi connectivity index (χ2v) is 5.52. The summed E-state index contributed by atoms with van der Waals surface area (Å²) in [4.78, 5) is 7.87. The summed E-state index contributed by atoms with van der Waals surface area (Å²) in [6.45, 7) is 2.10. The quantitative estimate of drug-likeness (QED) is 0.870. The Bertz CT molecular complexity index is 392. The van der Waals surface area contributed by atoms with Crippen LogP contribution in [0, 0.1) is 6.92 Å². The molecule has 0 aliphatic heterocycles. The lowest BCUT2D eigenvalue weighted by Gasteiger charge is -2.06. The molecule has 0 aliphatic carbocycles. The number of hydrogen-bond donors (Lipinski definition) is 1. The average molecular weight is 224 g/mol. The van der Waals surface area contributed by atoms with Gasteiger partial charge in [-0.2, -0.15) is 0 Å². The van der Waals surface area contributed by atoms with Crippen LogP contribution in [0.25, 0.3) is 0 Å². The SMILES string of the molecule is Cc1ccc(C(N)Cc2cncs2)s1. The maximum Gasteiger partial charge on any atom is 0.0794 e. The molecule has 0 amide bonds. The van der Waals surface area contributed by atoms with E-state index in [9.17, 15) is 0 Å². The molecule has 2 rings (SSSR count). The van der Waals surface area contributed by atoms with Crippen LogP contribution in [0.1, 0.15) is 20.7 Å². The third-order valence-electron chi connectivity index (χ3n) is 2.03. The van der Waals surface area contributed by atoms with E-state index in [0.29, 0.717) is 0 Å². The van der Waals surface area contributed by atoms with Crippen LogP contribution >= 0.6 is 22.7 Å². The second kappa shape index (κ2) is 4.21. The Morgan fingerprint density at radius 1 is 1.50 bits per heavy atom. The number of thiophene rings is 1. The van der Waals surface area contributed by atoms with Crippen LogP contribution in [0.2, 0.25) is 0 Å². The van der Waals surface area contributed by atoms with Gasteiger partial charge in [-0.1, -0.05) is 0 Å². The molecule has 0 saturated carbocycles. The first-order valence-electron chi connectivity index (χ1n) is 4.45. The van der Waals surface area contributed by atoms with Crippen molar-refractivity contribution < 1.29 is 0 Å². The first kappa shape index (κ1) is 9.83. The molecule has 14 heavy (non-hydrogen) atoms. The summed E-state index contributed by atoms with van der Waals surface area (Å²) >= 11 is 3.44. The number of nitrogens with zero attached hydrogens (tertiary/aromatic N) is 1. The molecular formula is C10H12N2S2. The Morgan fingerprint density at radius 2 is 2.36 bits per heavy atom. The van der Waals surface area contributed by atoms with Crippen molar-refractivity contribution in [2.45, 2.75) is 19.4 Å². The zero-order chi connectivity index (χ0) is 9.97. The van der Waals surface area contributed by atoms with Crippen LogP contribution in [0.5, 0.6) is 0 Å². The largest absolute Gasteiger partial charge is 0.323 e. The Kier molecular flexibility index (Phi) is 2.96. The van der Waals surface area contributed by atoms with E-state index in [4.69, 9.17) is 5.73 Å². The number of aryl methyl sites for hydroxylation is 1. The van der Waals surface area contributed by atoms with Gasteiger partial charge in [-0.15, -0.1) is 22.7 Å². The second-order valence-electron chi connectivity index (χ2n) is 3.23. The summed E-state index contributed by atoms with van der Waals surface area (Å²) < 4.78 is 0. The lowest BCUT2D eigenvalue weighted by molar-refractivity contribution is 0.744. The number of nitrogens with two attached hydrogens (primary N) is 1. The van der Waals surface area contributed by atoms with Crippen LogP contribution in [-0.2, 0) is 6.42 Å². The summed E-state index contributed by atoms with van der Waals surface area (Å²) in [6, 6.07) is 4.35. The van der Waals surface area contributed by atoms with E-state index in [1.165, 1.54) is 14.6 Å². The van der Waals surface area contributed by atoms with Gasteiger partial charge < -0.3 is 5.73 Å². The predicted molar refractivity (Wildman–Crippen MR) is 61.8 cm³/mol. The molecule has 4 heteroatoms. The maximum atomic E-state index is 6.09. The van der Waals surface area contributed by atoms with Crippen molar-refractivity contribution in [3.8, 4) is 0 Å². The van der Waals surface area contributed by atoms with Crippen LogP contribution in [0.15, 0.2) is 23.8 Å². The topological polar surface area (TPSA) is 38.9 Å². The van der Waals surface area contributed by atoms with Gasteiger partial charge in [0.05, 0.1) is 5.51 Å². The van der Waals surface area contributed by atoms with E-state index in [-0.39, 0.29) is 6.04 Å². The van der Waals surface area contributed by atoms with Gasteiger partial charge >= 0.3 is 0 Å². The minimum atomic E-state index is 0.120. The number of aromatic nitrogens is 1. The van der Waals surface area contributed by atoms with E-state index in [0.717, 1.165) is 6.42 Å². The molecule has 2 aromatic heterocycles. The van der Waals surface area contributed by atoms with Crippen molar-refractivity contribution in [2.24, 2.45) is 5.73 Å². The molecule has 0 saturated heterocycles. The van der Waals surface area contributed by atoms with Crippen molar-refractivity contribution in [2.75, 3.05) is 0 Å². The van der Waals surface area contributed by atoms with Crippen molar-refractivity contribution in [1.29, 1.82) is 0 Å². The van der Waals surface area contributed by atoms with Gasteiger partial charge in [-0.05, 0) is 19.1 Å². The van der Waals surface area contributed by atoms with E-state index in [1.807, 2.05) is 11.7 Å². The highest BCUT2D eigenvalue weighted by Crippen LogP contribution is 2.24. The molecule has 1 unspecified atom stereocenters. The molecule has 74 valence electrons. The fraction of sp³-hybridized carbons (Fsp3) is 0.300. The van der Waals surface area contributed by atoms with Gasteiger partial charge in [-0.25, -0.2) is 0 Å². The molecule has 0 aromatic carbocycles. The summed E-state index contributed by atoms with van der Waals surface area (Å²) in [7, 11) is 0. The van der Waals surface area contributed by atoms with E-state index >= 15 is 0 Å². The molecule has 2 N–H and O–H groups in total.